The number of nitrogens with zero attached hydrogens (tertiary/aromatic N) is 3. The zero-order valence-corrected chi connectivity index (χ0v) is 17.2. The Morgan fingerprint density at radius 1 is 1.13 bits per heavy atom. The van der Waals surface area contributed by atoms with Crippen LogP contribution in [-0.2, 0) is 0 Å². The van der Waals surface area contributed by atoms with Crippen molar-refractivity contribution in [3.63, 3.8) is 0 Å². The highest BCUT2D eigenvalue weighted by atomic mass is 32.2. The standard InChI is InChI=1S/C19H23F3N6OS/c1-13-12-16(28-10-2-3-11-28)27-17(25-13)23-8-9-24-18(29)26-14-4-6-15(7-5-14)30-19(20,21)22/h4-7,12H,2-3,8-11H2,1H3,(H,23,25,27)(H2,24,26,29). The Balaban J connectivity index is 1.41. The number of hydrogen-bond donors (Lipinski definition) is 3. The maximum absolute atomic E-state index is 12.3. The lowest BCUT2D eigenvalue weighted by atomic mass is 10.3. The molecule has 0 radical (unpaired) electrons. The third-order valence-electron chi connectivity index (χ3n) is 4.31. The minimum absolute atomic E-state index is 0.0594. The van der Waals surface area contributed by atoms with Crippen LogP contribution in [0.2, 0.25) is 0 Å². The first kappa shape index (κ1) is 22.0. The first-order chi connectivity index (χ1) is 14.3. The number of carbonyl (C=O) groups is 1. The van der Waals surface area contributed by atoms with Gasteiger partial charge in [-0.15, -0.1) is 0 Å². The van der Waals surface area contributed by atoms with Crippen molar-refractivity contribution >= 4 is 35.2 Å². The van der Waals surface area contributed by atoms with Crippen LogP contribution < -0.4 is 20.9 Å². The number of urea groups is 1. The van der Waals surface area contributed by atoms with Gasteiger partial charge >= 0.3 is 11.5 Å². The SMILES string of the molecule is Cc1cc(N2CCCC2)nc(NCCNC(=O)Nc2ccc(SC(F)(F)F)cc2)n1. The first-order valence-corrected chi connectivity index (χ1v) is 10.4. The molecule has 162 valence electrons. The fourth-order valence-electron chi connectivity index (χ4n) is 3.00. The summed E-state index contributed by atoms with van der Waals surface area (Å²) in [4.78, 5) is 23.1. The quantitative estimate of drug-likeness (QED) is 0.442. The molecule has 0 unspecified atom stereocenters. The fraction of sp³-hybridized carbons (Fsp3) is 0.421. The second-order valence-corrected chi connectivity index (χ2v) is 7.90. The third kappa shape index (κ3) is 6.97. The molecule has 2 heterocycles. The highest BCUT2D eigenvalue weighted by molar-refractivity contribution is 8.00. The van der Waals surface area contributed by atoms with Crippen molar-refractivity contribution in [3.8, 4) is 0 Å². The Morgan fingerprint density at radius 2 is 1.83 bits per heavy atom. The van der Waals surface area contributed by atoms with Gasteiger partial charge in [-0.2, -0.15) is 18.2 Å². The summed E-state index contributed by atoms with van der Waals surface area (Å²) in [5, 5.41) is 8.35. The van der Waals surface area contributed by atoms with Crippen molar-refractivity contribution in [2.75, 3.05) is 41.7 Å². The minimum Gasteiger partial charge on any atom is -0.356 e. The van der Waals surface area contributed by atoms with E-state index in [0.717, 1.165) is 37.4 Å². The van der Waals surface area contributed by atoms with E-state index in [0.29, 0.717) is 24.7 Å². The zero-order valence-electron chi connectivity index (χ0n) is 16.4. The Bertz CT molecular complexity index is 856. The van der Waals surface area contributed by atoms with E-state index < -0.39 is 11.5 Å². The van der Waals surface area contributed by atoms with Crippen LogP contribution in [0, 0.1) is 6.92 Å². The van der Waals surface area contributed by atoms with Gasteiger partial charge in [-0.3, -0.25) is 0 Å². The number of aromatic nitrogens is 2. The van der Waals surface area contributed by atoms with Gasteiger partial charge < -0.3 is 20.9 Å². The summed E-state index contributed by atoms with van der Waals surface area (Å²) >= 11 is -0.199. The van der Waals surface area contributed by atoms with Crippen LogP contribution in [-0.4, -0.2) is 47.7 Å². The topological polar surface area (TPSA) is 82.2 Å². The van der Waals surface area contributed by atoms with Gasteiger partial charge in [0.25, 0.3) is 0 Å². The third-order valence-corrected chi connectivity index (χ3v) is 5.05. The molecule has 0 saturated carbocycles. The van der Waals surface area contributed by atoms with E-state index >= 15 is 0 Å². The van der Waals surface area contributed by atoms with Crippen molar-refractivity contribution in [1.82, 2.24) is 15.3 Å². The number of anilines is 3. The summed E-state index contributed by atoms with van der Waals surface area (Å²) in [7, 11) is 0. The highest BCUT2D eigenvalue weighted by Crippen LogP contribution is 2.37. The maximum Gasteiger partial charge on any atom is 0.446 e. The molecule has 2 amide bonds. The molecule has 0 aliphatic carbocycles. The van der Waals surface area contributed by atoms with Crippen molar-refractivity contribution in [2.45, 2.75) is 30.2 Å². The molecular formula is C19H23F3N6OS. The van der Waals surface area contributed by atoms with Crippen molar-refractivity contribution in [2.24, 2.45) is 0 Å². The number of aryl methyl sites for hydroxylation is 1. The van der Waals surface area contributed by atoms with Crippen LogP contribution in [0.1, 0.15) is 18.5 Å². The molecule has 1 saturated heterocycles. The van der Waals surface area contributed by atoms with E-state index in [2.05, 4.69) is 30.8 Å². The molecule has 0 bridgehead atoms. The Morgan fingerprint density at radius 3 is 2.50 bits per heavy atom. The summed E-state index contributed by atoms with van der Waals surface area (Å²) in [6.45, 7) is 4.65. The number of amides is 2. The number of nitrogens with one attached hydrogen (secondary N) is 3. The van der Waals surface area contributed by atoms with E-state index in [-0.39, 0.29) is 16.7 Å². The molecule has 2 aromatic rings. The highest BCUT2D eigenvalue weighted by Gasteiger charge is 2.29. The first-order valence-electron chi connectivity index (χ1n) is 9.54. The van der Waals surface area contributed by atoms with Gasteiger partial charge in [0.05, 0.1) is 0 Å². The molecule has 1 aliphatic rings. The summed E-state index contributed by atoms with van der Waals surface area (Å²) < 4.78 is 37.0. The predicted molar refractivity (Wildman–Crippen MR) is 112 cm³/mol. The maximum atomic E-state index is 12.3. The van der Waals surface area contributed by atoms with Crippen molar-refractivity contribution in [3.05, 3.63) is 36.0 Å². The molecule has 1 fully saturated rings. The second kappa shape index (κ2) is 9.88. The van der Waals surface area contributed by atoms with Gasteiger partial charge in [0.15, 0.2) is 0 Å². The molecule has 1 aromatic carbocycles. The molecule has 1 aliphatic heterocycles. The summed E-state index contributed by atoms with van der Waals surface area (Å²) in [5.74, 6) is 1.41. The number of thioether (sulfide) groups is 1. The molecule has 3 N–H and O–H groups in total. The van der Waals surface area contributed by atoms with E-state index in [1.807, 2.05) is 13.0 Å². The molecule has 0 spiro atoms. The average Bonchev–Trinajstić information content (AvgIpc) is 3.20. The lowest BCUT2D eigenvalue weighted by Gasteiger charge is -2.17. The number of benzene rings is 1. The smallest absolute Gasteiger partial charge is 0.356 e. The van der Waals surface area contributed by atoms with Gasteiger partial charge in [0.2, 0.25) is 5.95 Å². The van der Waals surface area contributed by atoms with Crippen LogP contribution in [0.4, 0.5) is 35.4 Å². The molecule has 11 heteroatoms. The molecule has 1 aromatic heterocycles. The number of hydrogen-bond acceptors (Lipinski definition) is 6. The summed E-state index contributed by atoms with van der Waals surface area (Å²) in [6.07, 6.45) is 2.32. The minimum atomic E-state index is -4.34. The predicted octanol–water partition coefficient (Wildman–Crippen LogP) is 4.23. The monoisotopic (exact) mass is 440 g/mol. The van der Waals surface area contributed by atoms with Gasteiger partial charge in [-0.1, -0.05) is 0 Å². The summed E-state index contributed by atoms with van der Waals surface area (Å²) in [5.41, 5.74) is -3.06. The number of alkyl halides is 3. The lowest BCUT2D eigenvalue weighted by molar-refractivity contribution is -0.0328. The van der Waals surface area contributed by atoms with Gasteiger partial charge in [-0.05, 0) is 55.8 Å². The Labute approximate surface area is 176 Å². The van der Waals surface area contributed by atoms with Crippen LogP contribution in [0.15, 0.2) is 35.2 Å². The van der Waals surface area contributed by atoms with Crippen LogP contribution >= 0.6 is 11.8 Å². The number of carbonyl (C=O) groups excluding carboxylic acids is 1. The van der Waals surface area contributed by atoms with E-state index in [1.165, 1.54) is 24.3 Å². The van der Waals surface area contributed by atoms with Crippen LogP contribution in [0.25, 0.3) is 0 Å². The normalized spacial score (nSPS) is 13.9. The zero-order chi connectivity index (χ0) is 21.6. The Hall–Kier alpha value is -2.69. The van der Waals surface area contributed by atoms with Gasteiger partial charge in [0, 0.05) is 48.5 Å². The van der Waals surface area contributed by atoms with Crippen LogP contribution in [0.5, 0.6) is 0 Å². The largest absolute Gasteiger partial charge is 0.446 e. The number of rotatable bonds is 7. The van der Waals surface area contributed by atoms with E-state index in [9.17, 15) is 18.0 Å². The Kier molecular flexibility index (Phi) is 7.24. The van der Waals surface area contributed by atoms with E-state index in [4.69, 9.17) is 0 Å². The second-order valence-electron chi connectivity index (χ2n) is 6.77. The molecular weight excluding hydrogens is 417 g/mol. The van der Waals surface area contributed by atoms with E-state index in [1.54, 1.807) is 0 Å². The molecule has 0 atom stereocenters. The fourth-order valence-corrected chi connectivity index (χ4v) is 3.54. The molecule has 30 heavy (non-hydrogen) atoms. The lowest BCUT2D eigenvalue weighted by Crippen LogP contribution is -2.32. The number of halogens is 3. The average molecular weight is 440 g/mol. The molecule has 7 nitrogen and oxygen atoms in total. The van der Waals surface area contributed by atoms with Crippen molar-refractivity contribution < 1.29 is 18.0 Å². The van der Waals surface area contributed by atoms with Crippen molar-refractivity contribution in [1.29, 1.82) is 0 Å². The summed E-state index contributed by atoms with van der Waals surface area (Å²) in [6, 6.07) is 6.97. The van der Waals surface area contributed by atoms with Gasteiger partial charge in [-0.25, -0.2) is 9.78 Å². The van der Waals surface area contributed by atoms with Crippen LogP contribution in [0.3, 0.4) is 0 Å². The molecule has 3 rings (SSSR count). The van der Waals surface area contributed by atoms with Gasteiger partial charge in [0.1, 0.15) is 5.82 Å².